The zero-order valence-corrected chi connectivity index (χ0v) is 18.9. The minimum absolute atomic E-state index is 0.106. The highest BCUT2D eigenvalue weighted by Crippen LogP contribution is 2.68. The third-order valence-corrected chi connectivity index (χ3v) is 10.5. The molecule has 0 spiro atoms. The molecule has 4 aliphatic carbocycles. The number of amides is 1. The molecule has 0 aromatic heterocycles. The van der Waals surface area contributed by atoms with Crippen LogP contribution in [0.15, 0.2) is 0 Å². The maximum atomic E-state index is 11.6. The standard InChI is InChI=1S/C24H42N2O4/c1-13(4-7-21(30)26-25)16-5-6-17-22-18(12-20(29)24(16,17)3)23(2)9-8-15(27)10-14(23)11-19(22)28/h13-20,22,27-29H,4-12,25H2,1-3H3,(H,26,30)/t13?,14-,15+,16?,17?,18?,19+,20-,22?,23-,24+/m1/s1. The van der Waals surface area contributed by atoms with Crippen LogP contribution < -0.4 is 11.3 Å². The van der Waals surface area contributed by atoms with Crippen molar-refractivity contribution in [2.75, 3.05) is 0 Å². The molecule has 4 fully saturated rings. The summed E-state index contributed by atoms with van der Waals surface area (Å²) < 4.78 is 0. The Morgan fingerprint density at radius 1 is 1.10 bits per heavy atom. The number of hydrogen-bond donors (Lipinski definition) is 5. The molecule has 0 aromatic rings. The van der Waals surface area contributed by atoms with Crippen LogP contribution in [0.3, 0.4) is 0 Å². The third-order valence-electron chi connectivity index (χ3n) is 10.5. The Hall–Kier alpha value is -0.690. The van der Waals surface area contributed by atoms with E-state index in [1.807, 2.05) is 0 Å². The van der Waals surface area contributed by atoms with Gasteiger partial charge in [0.1, 0.15) is 0 Å². The van der Waals surface area contributed by atoms with Crippen LogP contribution in [-0.2, 0) is 4.79 Å². The van der Waals surface area contributed by atoms with Crippen LogP contribution in [-0.4, -0.2) is 39.5 Å². The Kier molecular flexibility index (Phi) is 6.02. The fraction of sp³-hybridized carbons (Fsp3) is 0.958. The quantitative estimate of drug-likeness (QED) is 0.271. The van der Waals surface area contributed by atoms with Crippen LogP contribution >= 0.6 is 0 Å². The van der Waals surface area contributed by atoms with Gasteiger partial charge in [0.25, 0.3) is 0 Å². The van der Waals surface area contributed by atoms with Gasteiger partial charge < -0.3 is 15.3 Å². The largest absolute Gasteiger partial charge is 0.393 e. The number of aliphatic hydroxyl groups excluding tert-OH is 3. The van der Waals surface area contributed by atoms with Crippen molar-refractivity contribution in [3.8, 4) is 0 Å². The average Bonchev–Trinajstić information content (AvgIpc) is 3.06. The van der Waals surface area contributed by atoms with Crippen molar-refractivity contribution in [1.82, 2.24) is 5.43 Å². The second-order valence-electron chi connectivity index (χ2n) is 11.6. The molecular weight excluding hydrogens is 380 g/mol. The topological polar surface area (TPSA) is 116 Å². The summed E-state index contributed by atoms with van der Waals surface area (Å²) >= 11 is 0. The minimum Gasteiger partial charge on any atom is -0.393 e. The fourth-order valence-electron chi connectivity index (χ4n) is 8.76. The predicted molar refractivity (Wildman–Crippen MR) is 115 cm³/mol. The number of aliphatic hydroxyl groups is 3. The van der Waals surface area contributed by atoms with Gasteiger partial charge >= 0.3 is 0 Å². The smallest absolute Gasteiger partial charge is 0.233 e. The van der Waals surface area contributed by atoms with Gasteiger partial charge in [0.05, 0.1) is 18.3 Å². The Bertz CT molecular complexity index is 659. The van der Waals surface area contributed by atoms with Gasteiger partial charge in [-0.15, -0.1) is 0 Å². The molecule has 4 rings (SSSR count). The summed E-state index contributed by atoms with van der Waals surface area (Å²) in [6.45, 7) is 6.82. The highest BCUT2D eigenvalue weighted by Gasteiger charge is 2.65. The van der Waals surface area contributed by atoms with Gasteiger partial charge in [-0.3, -0.25) is 10.2 Å². The normalized spacial score (nSPS) is 51.4. The second kappa shape index (κ2) is 8.02. The van der Waals surface area contributed by atoms with E-state index >= 15 is 0 Å². The predicted octanol–water partition coefficient (Wildman–Crippen LogP) is 2.35. The molecule has 4 saturated carbocycles. The lowest BCUT2D eigenvalue weighted by molar-refractivity contribution is -0.207. The van der Waals surface area contributed by atoms with E-state index in [4.69, 9.17) is 5.84 Å². The van der Waals surface area contributed by atoms with Gasteiger partial charge in [-0.05, 0) is 97.7 Å². The highest BCUT2D eigenvalue weighted by molar-refractivity contribution is 5.75. The summed E-state index contributed by atoms with van der Waals surface area (Å²) in [7, 11) is 0. The van der Waals surface area contributed by atoms with Crippen molar-refractivity contribution in [3.05, 3.63) is 0 Å². The lowest BCUT2D eigenvalue weighted by Crippen LogP contribution is -2.62. The molecule has 0 aliphatic heterocycles. The summed E-state index contributed by atoms with van der Waals surface area (Å²) in [5.41, 5.74) is 2.12. The third kappa shape index (κ3) is 3.33. The minimum atomic E-state index is -0.378. The first-order valence-electron chi connectivity index (χ1n) is 12.2. The van der Waals surface area contributed by atoms with Gasteiger partial charge in [0.2, 0.25) is 5.91 Å². The molecule has 0 bridgehead atoms. The van der Waals surface area contributed by atoms with Gasteiger partial charge in [0, 0.05) is 6.42 Å². The number of hydrogen-bond acceptors (Lipinski definition) is 5. The van der Waals surface area contributed by atoms with Crippen molar-refractivity contribution >= 4 is 5.91 Å². The van der Waals surface area contributed by atoms with Gasteiger partial charge in [-0.25, -0.2) is 5.84 Å². The van der Waals surface area contributed by atoms with Gasteiger partial charge in [-0.1, -0.05) is 20.8 Å². The van der Waals surface area contributed by atoms with Crippen molar-refractivity contribution in [2.24, 2.45) is 52.2 Å². The maximum Gasteiger partial charge on any atom is 0.233 e. The van der Waals surface area contributed by atoms with E-state index in [2.05, 4.69) is 26.2 Å². The fourth-order valence-corrected chi connectivity index (χ4v) is 8.76. The Labute approximate surface area is 181 Å². The zero-order chi connectivity index (χ0) is 21.8. The van der Waals surface area contributed by atoms with Gasteiger partial charge in [0.15, 0.2) is 0 Å². The molecule has 6 nitrogen and oxygen atoms in total. The first-order valence-corrected chi connectivity index (χ1v) is 12.2. The highest BCUT2D eigenvalue weighted by atomic mass is 16.3. The first kappa shape index (κ1) is 22.5. The molecule has 11 atom stereocenters. The Morgan fingerprint density at radius 3 is 2.53 bits per heavy atom. The van der Waals surface area contributed by atoms with E-state index in [0.717, 1.165) is 51.4 Å². The van der Waals surface area contributed by atoms with Crippen LogP contribution in [0.5, 0.6) is 0 Å². The van der Waals surface area contributed by atoms with E-state index in [1.165, 1.54) is 0 Å². The molecule has 0 aromatic carbocycles. The van der Waals surface area contributed by atoms with Crippen LogP contribution in [0.2, 0.25) is 0 Å². The van der Waals surface area contributed by atoms with Crippen LogP contribution in [0, 0.1) is 46.3 Å². The molecule has 6 N–H and O–H groups in total. The average molecular weight is 423 g/mol. The number of rotatable bonds is 4. The summed E-state index contributed by atoms with van der Waals surface area (Å²) in [6.07, 6.45) is 6.50. The van der Waals surface area contributed by atoms with Crippen molar-refractivity contribution in [3.63, 3.8) is 0 Å². The molecule has 6 heteroatoms. The number of hydrazine groups is 1. The monoisotopic (exact) mass is 422 g/mol. The SMILES string of the molecule is CC(CCC(=O)NN)C1CCC2C3C(C[C@@H](O)[C@@]12C)[C@]1(C)CC[C@H](O)C[C@@H]1C[C@@H]3O. The zero-order valence-electron chi connectivity index (χ0n) is 18.9. The van der Waals surface area contributed by atoms with E-state index in [9.17, 15) is 20.1 Å². The van der Waals surface area contributed by atoms with Crippen molar-refractivity contribution < 1.29 is 20.1 Å². The number of carbonyl (C=O) groups excluding carboxylic acids is 1. The van der Waals surface area contributed by atoms with Crippen molar-refractivity contribution in [2.45, 2.75) is 96.9 Å². The summed E-state index contributed by atoms with van der Waals surface area (Å²) in [4.78, 5) is 11.6. The van der Waals surface area contributed by atoms with E-state index in [1.54, 1.807) is 0 Å². The number of nitrogens with two attached hydrogens (primary N) is 1. The molecule has 172 valence electrons. The Balaban J connectivity index is 1.58. The first-order chi connectivity index (χ1) is 14.1. The van der Waals surface area contributed by atoms with Crippen LogP contribution in [0.1, 0.15) is 78.6 Å². The number of nitrogens with one attached hydrogen (secondary N) is 1. The van der Waals surface area contributed by atoms with E-state index in [0.29, 0.717) is 36.0 Å². The molecule has 30 heavy (non-hydrogen) atoms. The Morgan fingerprint density at radius 2 is 1.83 bits per heavy atom. The summed E-state index contributed by atoms with van der Waals surface area (Å²) in [6, 6.07) is 0. The molecule has 1 amide bonds. The molecule has 5 unspecified atom stereocenters. The maximum absolute atomic E-state index is 11.6. The number of carbonyl (C=O) groups is 1. The second-order valence-corrected chi connectivity index (χ2v) is 11.6. The number of fused-ring (bicyclic) bond motifs is 5. The molecular formula is C24H42N2O4. The molecule has 0 saturated heterocycles. The lowest BCUT2D eigenvalue weighted by Gasteiger charge is -2.63. The lowest BCUT2D eigenvalue weighted by atomic mass is 9.43. The van der Waals surface area contributed by atoms with Crippen molar-refractivity contribution in [1.29, 1.82) is 0 Å². The van der Waals surface area contributed by atoms with E-state index in [-0.39, 0.29) is 41.0 Å². The molecule has 0 heterocycles. The van der Waals surface area contributed by atoms with Crippen LogP contribution in [0.4, 0.5) is 0 Å². The molecule has 4 aliphatic rings. The van der Waals surface area contributed by atoms with E-state index < -0.39 is 0 Å². The summed E-state index contributed by atoms with van der Waals surface area (Å²) in [5.74, 6) is 7.03. The van der Waals surface area contributed by atoms with Gasteiger partial charge in [-0.2, -0.15) is 0 Å². The molecule has 0 radical (unpaired) electrons. The summed E-state index contributed by atoms with van der Waals surface area (Å²) in [5, 5.41) is 33.1. The van der Waals surface area contributed by atoms with Crippen LogP contribution in [0.25, 0.3) is 0 Å².